The van der Waals surface area contributed by atoms with Crippen molar-refractivity contribution >= 4 is 0 Å². The van der Waals surface area contributed by atoms with Crippen molar-refractivity contribution in [2.24, 2.45) is 0 Å². The molecule has 0 radical (unpaired) electrons. The van der Waals surface area contributed by atoms with E-state index < -0.39 is 0 Å². The molecule has 0 saturated carbocycles. The Labute approximate surface area is 87.8 Å². The molecule has 0 fully saturated rings. The molecule has 1 heterocycles. The molecule has 0 aliphatic heterocycles. The third-order valence-electron chi connectivity index (χ3n) is 2.21. The van der Waals surface area contributed by atoms with Gasteiger partial charge in [-0.15, -0.1) is 0 Å². The van der Waals surface area contributed by atoms with Gasteiger partial charge < -0.3 is 0 Å². The van der Waals surface area contributed by atoms with Gasteiger partial charge in [-0.1, -0.05) is 6.07 Å². The molecule has 0 unspecified atom stereocenters. The van der Waals surface area contributed by atoms with Crippen molar-refractivity contribution in [2.45, 2.75) is 13.8 Å². The summed E-state index contributed by atoms with van der Waals surface area (Å²) in [6.07, 6.45) is 1.64. The maximum Gasteiger partial charge on any atom is 0.147 e. The lowest BCUT2D eigenvalue weighted by molar-refractivity contribution is 0.861. The predicted octanol–water partition coefficient (Wildman–Crippen LogP) is 1.76. The van der Waals surface area contributed by atoms with Crippen LogP contribution in [0, 0.1) is 25.2 Å². The van der Waals surface area contributed by atoms with Crippen LogP contribution in [-0.4, -0.2) is 14.8 Å². The number of benzene rings is 1. The molecule has 2 rings (SSSR count). The second-order valence-corrected chi connectivity index (χ2v) is 3.35. The molecule has 0 atom stereocenters. The predicted molar refractivity (Wildman–Crippen MR) is 55.5 cm³/mol. The van der Waals surface area contributed by atoms with Crippen LogP contribution in [0.15, 0.2) is 24.5 Å². The lowest BCUT2D eigenvalue weighted by Crippen LogP contribution is -1.96. The van der Waals surface area contributed by atoms with Crippen LogP contribution in [0.1, 0.15) is 17.0 Å². The first kappa shape index (κ1) is 9.41. The second kappa shape index (κ2) is 3.54. The zero-order valence-electron chi connectivity index (χ0n) is 8.60. The van der Waals surface area contributed by atoms with Crippen LogP contribution in [0.25, 0.3) is 5.69 Å². The number of rotatable bonds is 1. The van der Waals surface area contributed by atoms with Crippen LogP contribution in [-0.2, 0) is 0 Å². The lowest BCUT2D eigenvalue weighted by Gasteiger charge is -2.02. The van der Waals surface area contributed by atoms with E-state index in [1.807, 2.05) is 32.0 Å². The molecule has 4 heteroatoms. The van der Waals surface area contributed by atoms with E-state index >= 15 is 0 Å². The maximum atomic E-state index is 8.90. The monoisotopic (exact) mass is 198 g/mol. The van der Waals surface area contributed by atoms with E-state index in [-0.39, 0.29) is 0 Å². The molecule has 4 nitrogen and oxygen atoms in total. The molecule has 0 saturated heterocycles. The lowest BCUT2D eigenvalue weighted by atomic mass is 10.1. The number of aryl methyl sites for hydroxylation is 2. The Hall–Kier alpha value is -2.15. The number of nitriles is 1. The fourth-order valence-electron chi connectivity index (χ4n) is 1.34. The Balaban J connectivity index is 2.51. The van der Waals surface area contributed by atoms with Crippen LogP contribution in [0.4, 0.5) is 0 Å². The Kier molecular flexibility index (Phi) is 2.22. The van der Waals surface area contributed by atoms with Gasteiger partial charge in [0, 0.05) is 0 Å². The molecule has 0 N–H and O–H groups in total. The van der Waals surface area contributed by atoms with Gasteiger partial charge in [0.2, 0.25) is 0 Å². The number of nitrogens with zero attached hydrogens (tertiary/aromatic N) is 4. The van der Waals surface area contributed by atoms with Crippen molar-refractivity contribution in [3.05, 3.63) is 41.5 Å². The summed E-state index contributed by atoms with van der Waals surface area (Å²) in [7, 11) is 0. The molecule has 2 aromatic rings. The molecule has 0 bridgehead atoms. The van der Waals surface area contributed by atoms with Crippen LogP contribution >= 0.6 is 0 Å². The van der Waals surface area contributed by atoms with Crippen molar-refractivity contribution in [3.8, 4) is 11.8 Å². The third kappa shape index (κ3) is 1.72. The van der Waals surface area contributed by atoms with Crippen LogP contribution in [0.3, 0.4) is 0 Å². The van der Waals surface area contributed by atoms with Gasteiger partial charge in [0.15, 0.2) is 0 Å². The minimum atomic E-state index is 0.667. The summed E-state index contributed by atoms with van der Waals surface area (Å²) < 4.78 is 1.66. The van der Waals surface area contributed by atoms with Gasteiger partial charge in [-0.25, -0.2) is 9.67 Å². The zero-order chi connectivity index (χ0) is 10.8. The molecular formula is C11H10N4. The first-order chi connectivity index (χ1) is 7.20. The summed E-state index contributed by atoms with van der Waals surface area (Å²) in [5.41, 5.74) is 2.50. The fourth-order valence-corrected chi connectivity index (χ4v) is 1.34. The number of aromatic nitrogens is 3. The van der Waals surface area contributed by atoms with E-state index in [0.717, 1.165) is 11.3 Å². The van der Waals surface area contributed by atoms with Crippen molar-refractivity contribution in [1.29, 1.82) is 5.26 Å². The summed E-state index contributed by atoms with van der Waals surface area (Å²) >= 11 is 0. The first-order valence-corrected chi connectivity index (χ1v) is 4.60. The van der Waals surface area contributed by atoms with Gasteiger partial charge in [-0.3, -0.25) is 0 Å². The summed E-state index contributed by atoms with van der Waals surface area (Å²) in [5, 5.41) is 13.1. The van der Waals surface area contributed by atoms with Crippen LogP contribution < -0.4 is 0 Å². The van der Waals surface area contributed by atoms with Crippen LogP contribution in [0.5, 0.6) is 0 Å². The average molecular weight is 198 g/mol. The normalized spacial score (nSPS) is 9.93. The topological polar surface area (TPSA) is 54.5 Å². The Bertz CT molecular complexity index is 534. The summed E-state index contributed by atoms with van der Waals surface area (Å²) in [5.74, 6) is 0.717. The van der Waals surface area contributed by atoms with E-state index in [4.69, 9.17) is 5.26 Å². The largest absolute Gasteiger partial charge is 0.221 e. The van der Waals surface area contributed by atoms with Crippen molar-refractivity contribution in [2.75, 3.05) is 0 Å². The smallest absolute Gasteiger partial charge is 0.147 e. The Morgan fingerprint density at radius 1 is 1.33 bits per heavy atom. The molecule has 15 heavy (non-hydrogen) atoms. The van der Waals surface area contributed by atoms with E-state index in [1.165, 1.54) is 0 Å². The highest BCUT2D eigenvalue weighted by Crippen LogP contribution is 2.12. The fraction of sp³-hybridized carbons (Fsp3) is 0.182. The highest BCUT2D eigenvalue weighted by molar-refractivity contribution is 5.45. The van der Waals surface area contributed by atoms with Gasteiger partial charge in [0.1, 0.15) is 12.2 Å². The molecule has 1 aromatic carbocycles. The van der Waals surface area contributed by atoms with E-state index in [0.29, 0.717) is 11.4 Å². The zero-order valence-corrected chi connectivity index (χ0v) is 8.60. The molecule has 74 valence electrons. The summed E-state index contributed by atoms with van der Waals surface area (Å²) in [6, 6.07) is 7.79. The molecule has 0 amide bonds. The molecule has 1 aromatic heterocycles. The van der Waals surface area contributed by atoms with Crippen molar-refractivity contribution < 1.29 is 0 Å². The minimum absolute atomic E-state index is 0.667. The van der Waals surface area contributed by atoms with E-state index in [2.05, 4.69) is 16.2 Å². The van der Waals surface area contributed by atoms with Crippen LogP contribution in [0.2, 0.25) is 0 Å². The SMILES string of the molecule is Cc1ncn(-c2ccc(C)c(C#N)c2)n1. The number of hydrogen-bond acceptors (Lipinski definition) is 3. The molecule has 0 aliphatic rings. The maximum absolute atomic E-state index is 8.90. The molecular weight excluding hydrogens is 188 g/mol. The summed E-state index contributed by atoms with van der Waals surface area (Å²) in [4.78, 5) is 4.04. The standard InChI is InChI=1S/C11H10N4/c1-8-3-4-11(5-10(8)6-12)15-7-13-9(2)14-15/h3-5,7H,1-2H3. The van der Waals surface area contributed by atoms with Crippen molar-refractivity contribution in [1.82, 2.24) is 14.8 Å². The van der Waals surface area contributed by atoms with Crippen molar-refractivity contribution in [3.63, 3.8) is 0 Å². The van der Waals surface area contributed by atoms with Gasteiger partial charge >= 0.3 is 0 Å². The highest BCUT2D eigenvalue weighted by Gasteiger charge is 2.02. The second-order valence-electron chi connectivity index (χ2n) is 3.35. The average Bonchev–Trinajstić information content (AvgIpc) is 2.66. The number of hydrogen-bond donors (Lipinski definition) is 0. The Morgan fingerprint density at radius 2 is 2.13 bits per heavy atom. The van der Waals surface area contributed by atoms with Gasteiger partial charge in [-0.05, 0) is 31.5 Å². The Morgan fingerprint density at radius 3 is 2.73 bits per heavy atom. The summed E-state index contributed by atoms with van der Waals surface area (Å²) in [6.45, 7) is 3.74. The first-order valence-electron chi connectivity index (χ1n) is 4.60. The minimum Gasteiger partial charge on any atom is -0.221 e. The molecule has 0 spiro atoms. The third-order valence-corrected chi connectivity index (χ3v) is 2.21. The van der Waals surface area contributed by atoms with Gasteiger partial charge in [0.05, 0.1) is 17.3 Å². The molecule has 0 aliphatic carbocycles. The van der Waals surface area contributed by atoms with E-state index in [9.17, 15) is 0 Å². The quantitative estimate of drug-likeness (QED) is 0.701. The highest BCUT2D eigenvalue weighted by atomic mass is 15.3. The van der Waals surface area contributed by atoms with Gasteiger partial charge in [0.25, 0.3) is 0 Å². The van der Waals surface area contributed by atoms with E-state index in [1.54, 1.807) is 11.0 Å². The van der Waals surface area contributed by atoms with Gasteiger partial charge in [-0.2, -0.15) is 10.4 Å².